The van der Waals surface area contributed by atoms with Crippen molar-refractivity contribution in [3.05, 3.63) is 34.9 Å². The molecule has 1 aromatic carbocycles. The molecule has 2 saturated carbocycles. The Bertz CT molecular complexity index is 389. The summed E-state index contributed by atoms with van der Waals surface area (Å²) in [6, 6.07) is 8.69. The van der Waals surface area contributed by atoms with E-state index in [1.165, 1.54) is 57.8 Å². The van der Waals surface area contributed by atoms with Crippen LogP contribution >= 0.6 is 11.6 Å². The topological polar surface area (TPSA) is 0 Å². The fourth-order valence-electron chi connectivity index (χ4n) is 4.41. The molecule has 2 atom stereocenters. The van der Waals surface area contributed by atoms with Crippen LogP contribution in [-0.2, 0) is 0 Å². The lowest BCUT2D eigenvalue weighted by Gasteiger charge is -2.39. The van der Waals surface area contributed by atoms with E-state index in [-0.39, 0.29) is 0 Å². The van der Waals surface area contributed by atoms with E-state index in [4.69, 9.17) is 11.6 Å². The lowest BCUT2D eigenvalue weighted by Crippen LogP contribution is -2.27. The summed E-state index contributed by atoms with van der Waals surface area (Å²) in [4.78, 5) is 0. The standard InChI is InChI=1S/C18H25Cl/c19-16-12-10-15(11-13-16)18-9-5-4-8-17(18)14-6-2-1-3-7-14/h10-14,17-18H,1-9H2. The fraction of sp³-hybridized carbons (Fsp3) is 0.667. The molecule has 0 spiro atoms. The van der Waals surface area contributed by atoms with Crippen LogP contribution in [0.4, 0.5) is 0 Å². The number of hydrogen-bond donors (Lipinski definition) is 0. The second-order valence-corrected chi connectivity index (χ2v) is 6.94. The Morgan fingerprint density at radius 2 is 1.37 bits per heavy atom. The van der Waals surface area contributed by atoms with E-state index in [9.17, 15) is 0 Å². The zero-order valence-electron chi connectivity index (χ0n) is 11.8. The van der Waals surface area contributed by atoms with Crippen molar-refractivity contribution in [3.8, 4) is 0 Å². The minimum Gasteiger partial charge on any atom is -0.0843 e. The van der Waals surface area contributed by atoms with E-state index in [1.807, 2.05) is 0 Å². The van der Waals surface area contributed by atoms with Crippen molar-refractivity contribution in [1.29, 1.82) is 0 Å². The van der Waals surface area contributed by atoms with Gasteiger partial charge in [-0.25, -0.2) is 0 Å². The Morgan fingerprint density at radius 1 is 0.737 bits per heavy atom. The number of halogens is 1. The first-order chi connectivity index (χ1) is 9.34. The molecule has 19 heavy (non-hydrogen) atoms. The Kier molecular flexibility index (Phi) is 4.48. The largest absolute Gasteiger partial charge is 0.0843 e. The van der Waals surface area contributed by atoms with Crippen molar-refractivity contribution in [2.24, 2.45) is 11.8 Å². The first-order valence-electron chi connectivity index (χ1n) is 8.10. The third-order valence-corrected chi connectivity index (χ3v) is 5.62. The Hall–Kier alpha value is -0.490. The highest BCUT2D eigenvalue weighted by atomic mass is 35.5. The number of benzene rings is 1. The highest BCUT2D eigenvalue weighted by Crippen LogP contribution is 2.46. The predicted molar refractivity (Wildman–Crippen MR) is 82.7 cm³/mol. The maximum absolute atomic E-state index is 6.04. The Morgan fingerprint density at radius 3 is 2.11 bits per heavy atom. The molecule has 0 aromatic heterocycles. The van der Waals surface area contributed by atoms with Gasteiger partial charge in [0.05, 0.1) is 0 Å². The fourth-order valence-corrected chi connectivity index (χ4v) is 4.54. The highest BCUT2D eigenvalue weighted by molar-refractivity contribution is 6.30. The summed E-state index contributed by atoms with van der Waals surface area (Å²) < 4.78 is 0. The maximum Gasteiger partial charge on any atom is 0.0406 e. The van der Waals surface area contributed by atoms with Crippen molar-refractivity contribution in [2.45, 2.75) is 63.7 Å². The van der Waals surface area contributed by atoms with Crippen molar-refractivity contribution >= 4 is 11.6 Å². The van der Waals surface area contributed by atoms with Gasteiger partial charge >= 0.3 is 0 Å². The van der Waals surface area contributed by atoms with Gasteiger partial charge in [0.25, 0.3) is 0 Å². The molecular formula is C18H25Cl. The normalized spacial score (nSPS) is 29.3. The monoisotopic (exact) mass is 276 g/mol. The van der Waals surface area contributed by atoms with Crippen LogP contribution in [0.5, 0.6) is 0 Å². The van der Waals surface area contributed by atoms with Gasteiger partial charge in [-0.05, 0) is 48.3 Å². The summed E-state index contributed by atoms with van der Waals surface area (Å²) in [5.41, 5.74) is 1.54. The molecule has 0 saturated heterocycles. The van der Waals surface area contributed by atoms with Gasteiger partial charge in [-0.15, -0.1) is 0 Å². The van der Waals surface area contributed by atoms with Crippen LogP contribution in [0.15, 0.2) is 24.3 Å². The maximum atomic E-state index is 6.04. The first kappa shape index (κ1) is 13.5. The number of hydrogen-bond acceptors (Lipinski definition) is 0. The van der Waals surface area contributed by atoms with Gasteiger partial charge in [-0.1, -0.05) is 68.7 Å². The third-order valence-electron chi connectivity index (χ3n) is 5.37. The summed E-state index contributed by atoms with van der Waals surface area (Å²) in [6.07, 6.45) is 13.1. The SMILES string of the molecule is Clc1ccc(C2CCCCC2C2CCCCC2)cc1. The van der Waals surface area contributed by atoms with Crippen LogP contribution in [0, 0.1) is 11.8 Å². The minimum atomic E-state index is 0.800. The van der Waals surface area contributed by atoms with Crippen LogP contribution < -0.4 is 0 Å². The summed E-state index contributed by atoms with van der Waals surface area (Å²) in [6.45, 7) is 0. The minimum absolute atomic E-state index is 0.800. The second kappa shape index (κ2) is 6.31. The molecule has 2 unspecified atom stereocenters. The van der Waals surface area contributed by atoms with E-state index in [0.29, 0.717) is 0 Å². The molecule has 0 radical (unpaired) electrons. The van der Waals surface area contributed by atoms with Crippen LogP contribution in [0.1, 0.15) is 69.3 Å². The molecule has 0 amide bonds. The van der Waals surface area contributed by atoms with E-state index >= 15 is 0 Å². The van der Waals surface area contributed by atoms with Gasteiger partial charge in [0.2, 0.25) is 0 Å². The van der Waals surface area contributed by atoms with Crippen molar-refractivity contribution in [2.75, 3.05) is 0 Å². The molecule has 0 nitrogen and oxygen atoms in total. The average Bonchev–Trinajstić information content (AvgIpc) is 2.49. The van der Waals surface area contributed by atoms with Gasteiger partial charge in [0.1, 0.15) is 0 Å². The van der Waals surface area contributed by atoms with E-state index < -0.39 is 0 Å². The van der Waals surface area contributed by atoms with Crippen molar-refractivity contribution in [1.82, 2.24) is 0 Å². The molecule has 104 valence electrons. The van der Waals surface area contributed by atoms with Crippen molar-refractivity contribution < 1.29 is 0 Å². The Balaban J connectivity index is 1.78. The summed E-state index contributed by atoms with van der Waals surface area (Å²) in [7, 11) is 0. The van der Waals surface area contributed by atoms with E-state index in [1.54, 1.807) is 5.56 Å². The summed E-state index contributed by atoms with van der Waals surface area (Å²) in [5, 5.41) is 0.869. The quantitative estimate of drug-likeness (QED) is 0.604. The molecule has 1 heteroatoms. The molecule has 0 aliphatic heterocycles. The molecule has 3 rings (SSSR count). The van der Waals surface area contributed by atoms with Gasteiger partial charge < -0.3 is 0 Å². The molecule has 2 aliphatic carbocycles. The van der Waals surface area contributed by atoms with Crippen LogP contribution in [0.25, 0.3) is 0 Å². The van der Waals surface area contributed by atoms with Gasteiger partial charge in [-0.2, -0.15) is 0 Å². The predicted octanol–water partition coefficient (Wildman–Crippen LogP) is 6.19. The highest BCUT2D eigenvalue weighted by Gasteiger charge is 2.33. The molecule has 0 N–H and O–H groups in total. The smallest absolute Gasteiger partial charge is 0.0406 e. The zero-order chi connectivity index (χ0) is 13.1. The second-order valence-electron chi connectivity index (χ2n) is 6.50. The van der Waals surface area contributed by atoms with Gasteiger partial charge in [-0.3, -0.25) is 0 Å². The molecule has 2 fully saturated rings. The summed E-state index contributed by atoms with van der Waals surface area (Å²) in [5.74, 6) is 2.74. The first-order valence-corrected chi connectivity index (χ1v) is 8.48. The van der Waals surface area contributed by atoms with Crippen LogP contribution in [0.3, 0.4) is 0 Å². The number of rotatable bonds is 2. The van der Waals surface area contributed by atoms with E-state index in [0.717, 1.165) is 22.8 Å². The molecule has 1 aromatic rings. The zero-order valence-corrected chi connectivity index (χ0v) is 12.5. The van der Waals surface area contributed by atoms with Gasteiger partial charge in [0.15, 0.2) is 0 Å². The molecule has 0 heterocycles. The van der Waals surface area contributed by atoms with Crippen LogP contribution in [0.2, 0.25) is 5.02 Å². The van der Waals surface area contributed by atoms with Gasteiger partial charge in [0, 0.05) is 5.02 Å². The lowest BCUT2D eigenvalue weighted by molar-refractivity contribution is 0.169. The lowest BCUT2D eigenvalue weighted by atomic mass is 9.66. The van der Waals surface area contributed by atoms with Crippen LogP contribution in [-0.4, -0.2) is 0 Å². The molecule has 0 bridgehead atoms. The molecular weight excluding hydrogens is 252 g/mol. The molecule has 2 aliphatic rings. The average molecular weight is 277 g/mol. The Labute approximate surface area is 122 Å². The third kappa shape index (κ3) is 3.16. The van der Waals surface area contributed by atoms with Crippen molar-refractivity contribution in [3.63, 3.8) is 0 Å². The van der Waals surface area contributed by atoms with E-state index in [2.05, 4.69) is 24.3 Å². The summed E-state index contributed by atoms with van der Waals surface area (Å²) >= 11 is 6.04.